The molecule has 0 aliphatic carbocycles. The minimum absolute atomic E-state index is 0.0171. The third kappa shape index (κ3) is 4.29. The number of halogens is 2. The highest BCUT2D eigenvalue weighted by Crippen LogP contribution is 2.18. The summed E-state index contributed by atoms with van der Waals surface area (Å²) in [5.74, 6) is -2.16. The Hall–Kier alpha value is -1.69. The van der Waals surface area contributed by atoms with Gasteiger partial charge in [-0.1, -0.05) is 13.8 Å². The first-order valence-electron chi connectivity index (χ1n) is 5.53. The van der Waals surface area contributed by atoms with E-state index in [-0.39, 0.29) is 18.4 Å². The first kappa shape index (κ1) is 14.4. The molecule has 0 aliphatic heterocycles. The van der Waals surface area contributed by atoms with Crippen molar-refractivity contribution in [2.45, 2.75) is 25.9 Å². The fourth-order valence-electron chi connectivity index (χ4n) is 1.38. The van der Waals surface area contributed by atoms with Crippen molar-refractivity contribution >= 4 is 5.91 Å². The van der Waals surface area contributed by atoms with Crippen molar-refractivity contribution in [2.24, 2.45) is 5.73 Å². The molecule has 3 N–H and O–H groups in total. The largest absolute Gasteiger partial charge is 0.488 e. The van der Waals surface area contributed by atoms with Crippen LogP contribution in [-0.2, 0) is 4.79 Å². The number of carbonyl (C=O) groups excluding carboxylic acids is 1. The van der Waals surface area contributed by atoms with Gasteiger partial charge < -0.3 is 15.8 Å². The van der Waals surface area contributed by atoms with E-state index >= 15 is 0 Å². The van der Waals surface area contributed by atoms with Crippen LogP contribution in [0.1, 0.15) is 13.8 Å². The topological polar surface area (TPSA) is 64.3 Å². The fourth-order valence-corrected chi connectivity index (χ4v) is 1.38. The molecule has 1 amide bonds. The summed E-state index contributed by atoms with van der Waals surface area (Å²) in [5, 5.41) is 2.87. The Morgan fingerprint density at radius 3 is 2.67 bits per heavy atom. The number of hydrogen-bond donors (Lipinski definition) is 2. The SMILES string of the molecule is CC(C)NC(COc1cc(F)ccc1F)C(N)=O. The first-order chi connectivity index (χ1) is 8.40. The predicted octanol–water partition coefficient (Wildman–Crippen LogP) is 1.20. The average Bonchev–Trinajstić information content (AvgIpc) is 2.27. The zero-order valence-electron chi connectivity index (χ0n) is 10.2. The van der Waals surface area contributed by atoms with E-state index in [0.717, 1.165) is 18.2 Å². The number of hydrogen-bond acceptors (Lipinski definition) is 3. The molecule has 0 spiro atoms. The monoisotopic (exact) mass is 258 g/mol. The van der Waals surface area contributed by atoms with Crippen LogP contribution in [0.2, 0.25) is 0 Å². The van der Waals surface area contributed by atoms with E-state index in [1.807, 2.05) is 13.8 Å². The molecule has 0 saturated heterocycles. The molecule has 1 unspecified atom stereocenters. The third-order valence-corrected chi connectivity index (χ3v) is 2.18. The van der Waals surface area contributed by atoms with Gasteiger partial charge in [-0.3, -0.25) is 4.79 Å². The van der Waals surface area contributed by atoms with E-state index in [1.54, 1.807) is 0 Å². The van der Waals surface area contributed by atoms with E-state index < -0.39 is 23.6 Å². The van der Waals surface area contributed by atoms with Crippen LogP contribution in [0.5, 0.6) is 5.75 Å². The summed E-state index contributed by atoms with van der Waals surface area (Å²) >= 11 is 0. The molecule has 0 radical (unpaired) electrons. The molecule has 4 nitrogen and oxygen atoms in total. The van der Waals surface area contributed by atoms with E-state index in [2.05, 4.69) is 5.32 Å². The lowest BCUT2D eigenvalue weighted by Crippen LogP contribution is -2.48. The molecule has 6 heteroatoms. The van der Waals surface area contributed by atoms with Crippen molar-refractivity contribution in [3.05, 3.63) is 29.8 Å². The molecular weight excluding hydrogens is 242 g/mol. The molecule has 0 saturated carbocycles. The van der Waals surface area contributed by atoms with Gasteiger partial charge in [0.05, 0.1) is 0 Å². The van der Waals surface area contributed by atoms with Gasteiger partial charge in [-0.15, -0.1) is 0 Å². The van der Waals surface area contributed by atoms with Gasteiger partial charge in [0.15, 0.2) is 11.6 Å². The first-order valence-corrected chi connectivity index (χ1v) is 5.53. The summed E-state index contributed by atoms with van der Waals surface area (Å²) in [6, 6.07) is 2.12. The lowest BCUT2D eigenvalue weighted by molar-refractivity contribution is -0.120. The normalized spacial score (nSPS) is 12.5. The molecule has 1 rings (SSSR count). The molecule has 18 heavy (non-hydrogen) atoms. The Morgan fingerprint density at radius 2 is 2.11 bits per heavy atom. The van der Waals surface area contributed by atoms with Crippen molar-refractivity contribution in [2.75, 3.05) is 6.61 Å². The van der Waals surface area contributed by atoms with Crippen LogP contribution in [0.15, 0.2) is 18.2 Å². The predicted molar refractivity (Wildman–Crippen MR) is 63.1 cm³/mol. The minimum Gasteiger partial charge on any atom is -0.488 e. The highest BCUT2D eigenvalue weighted by Gasteiger charge is 2.17. The van der Waals surface area contributed by atoms with E-state index in [0.29, 0.717) is 0 Å². The van der Waals surface area contributed by atoms with Crippen molar-refractivity contribution in [1.82, 2.24) is 5.32 Å². The lowest BCUT2D eigenvalue weighted by atomic mass is 10.2. The summed E-state index contributed by atoms with van der Waals surface area (Å²) in [5.41, 5.74) is 5.17. The Kier molecular flexibility index (Phi) is 5.03. The van der Waals surface area contributed by atoms with Crippen LogP contribution in [0.25, 0.3) is 0 Å². The van der Waals surface area contributed by atoms with E-state index in [9.17, 15) is 13.6 Å². The Labute approximate surface area is 104 Å². The second-order valence-corrected chi connectivity index (χ2v) is 4.16. The van der Waals surface area contributed by atoms with Crippen LogP contribution in [0.3, 0.4) is 0 Å². The number of amides is 1. The second kappa shape index (κ2) is 6.30. The van der Waals surface area contributed by atoms with E-state index in [1.165, 1.54) is 0 Å². The molecule has 1 aromatic rings. The smallest absolute Gasteiger partial charge is 0.238 e. The van der Waals surface area contributed by atoms with Crippen LogP contribution in [0.4, 0.5) is 8.78 Å². The molecule has 0 heterocycles. The van der Waals surface area contributed by atoms with Gasteiger partial charge in [0.25, 0.3) is 0 Å². The van der Waals surface area contributed by atoms with Crippen molar-refractivity contribution in [3.63, 3.8) is 0 Å². The van der Waals surface area contributed by atoms with Gasteiger partial charge in [0, 0.05) is 12.1 Å². The van der Waals surface area contributed by atoms with Gasteiger partial charge in [0.2, 0.25) is 5.91 Å². The van der Waals surface area contributed by atoms with Crippen LogP contribution in [0, 0.1) is 11.6 Å². The minimum atomic E-state index is -0.757. The van der Waals surface area contributed by atoms with Crippen LogP contribution >= 0.6 is 0 Å². The number of rotatable bonds is 6. The maximum absolute atomic E-state index is 13.3. The molecule has 100 valence electrons. The van der Waals surface area contributed by atoms with Crippen LogP contribution in [-0.4, -0.2) is 24.6 Å². The zero-order valence-corrected chi connectivity index (χ0v) is 10.2. The van der Waals surface area contributed by atoms with Crippen molar-refractivity contribution in [1.29, 1.82) is 0 Å². The lowest BCUT2D eigenvalue weighted by Gasteiger charge is -2.18. The van der Waals surface area contributed by atoms with Crippen LogP contribution < -0.4 is 15.8 Å². The second-order valence-electron chi connectivity index (χ2n) is 4.16. The number of carbonyl (C=O) groups is 1. The third-order valence-electron chi connectivity index (χ3n) is 2.18. The highest BCUT2D eigenvalue weighted by molar-refractivity contribution is 5.80. The maximum atomic E-state index is 13.3. The summed E-state index contributed by atoms with van der Waals surface area (Å²) < 4.78 is 31.2. The van der Waals surface area contributed by atoms with Gasteiger partial charge in [-0.2, -0.15) is 0 Å². The maximum Gasteiger partial charge on any atom is 0.238 e. The Balaban J connectivity index is 2.66. The quantitative estimate of drug-likeness (QED) is 0.805. The van der Waals surface area contributed by atoms with Gasteiger partial charge in [-0.05, 0) is 12.1 Å². The number of benzene rings is 1. The Bertz CT molecular complexity index is 425. The van der Waals surface area contributed by atoms with Crippen molar-refractivity contribution < 1.29 is 18.3 Å². The van der Waals surface area contributed by atoms with E-state index in [4.69, 9.17) is 10.5 Å². The number of nitrogens with one attached hydrogen (secondary N) is 1. The molecule has 1 aromatic carbocycles. The fraction of sp³-hybridized carbons (Fsp3) is 0.417. The van der Waals surface area contributed by atoms with Gasteiger partial charge >= 0.3 is 0 Å². The average molecular weight is 258 g/mol. The van der Waals surface area contributed by atoms with Gasteiger partial charge in [-0.25, -0.2) is 8.78 Å². The summed E-state index contributed by atoms with van der Waals surface area (Å²) in [4.78, 5) is 11.1. The molecule has 0 aliphatic rings. The molecule has 0 fully saturated rings. The van der Waals surface area contributed by atoms with Crippen molar-refractivity contribution in [3.8, 4) is 5.75 Å². The molecule has 1 atom stereocenters. The van der Waals surface area contributed by atoms with Gasteiger partial charge in [0.1, 0.15) is 18.5 Å². The molecule has 0 bridgehead atoms. The number of ether oxygens (including phenoxy) is 1. The highest BCUT2D eigenvalue weighted by atomic mass is 19.1. The molecular formula is C12H16F2N2O2. The zero-order chi connectivity index (χ0) is 13.7. The Morgan fingerprint density at radius 1 is 1.44 bits per heavy atom. The number of primary amides is 1. The molecule has 0 aromatic heterocycles. The summed E-state index contributed by atoms with van der Waals surface area (Å²) in [7, 11) is 0. The summed E-state index contributed by atoms with van der Waals surface area (Å²) in [6.07, 6.45) is 0. The summed E-state index contributed by atoms with van der Waals surface area (Å²) in [6.45, 7) is 3.51. The number of nitrogens with two attached hydrogens (primary N) is 1. The standard InChI is InChI=1S/C12H16F2N2O2/c1-7(2)16-10(12(15)17)6-18-11-5-8(13)3-4-9(11)14/h3-5,7,10,16H,6H2,1-2H3,(H2,15,17).